The molecule has 0 aliphatic carbocycles. The minimum Gasteiger partial charge on any atom is -0.497 e. The summed E-state index contributed by atoms with van der Waals surface area (Å²) >= 11 is 0. The molecule has 168 valence electrons. The van der Waals surface area contributed by atoms with Crippen molar-refractivity contribution in [1.29, 1.82) is 5.41 Å². The molecule has 0 unspecified atom stereocenters. The molecule has 31 heavy (non-hydrogen) atoms. The van der Waals surface area contributed by atoms with Gasteiger partial charge >= 0.3 is 0 Å². The van der Waals surface area contributed by atoms with Gasteiger partial charge in [-0.3, -0.25) is 0 Å². The largest absolute Gasteiger partial charge is 0.497 e. The zero-order chi connectivity index (χ0) is 22.1. The van der Waals surface area contributed by atoms with Gasteiger partial charge in [-0.1, -0.05) is 13.0 Å². The van der Waals surface area contributed by atoms with E-state index >= 15 is 0 Å². The van der Waals surface area contributed by atoms with Gasteiger partial charge in [0.2, 0.25) is 5.95 Å². The highest BCUT2D eigenvalue weighted by atomic mass is 16.5. The summed E-state index contributed by atoms with van der Waals surface area (Å²) in [5.74, 6) is 2.03. The zero-order valence-corrected chi connectivity index (χ0v) is 18.6. The molecule has 1 aromatic heterocycles. The summed E-state index contributed by atoms with van der Waals surface area (Å²) in [5.41, 5.74) is 2.65. The number of anilines is 4. The van der Waals surface area contributed by atoms with Gasteiger partial charge in [0.25, 0.3) is 0 Å². The summed E-state index contributed by atoms with van der Waals surface area (Å²) in [6, 6.07) is 7.71. The van der Waals surface area contributed by atoms with Crippen molar-refractivity contribution in [2.45, 2.75) is 20.3 Å². The van der Waals surface area contributed by atoms with Gasteiger partial charge < -0.3 is 35.7 Å². The molecule has 9 heteroatoms. The first-order chi connectivity index (χ1) is 15.2. The van der Waals surface area contributed by atoms with E-state index in [-0.39, 0.29) is 0 Å². The average molecular weight is 428 g/mol. The molecule has 1 saturated heterocycles. The molecule has 1 aliphatic rings. The van der Waals surface area contributed by atoms with Crippen LogP contribution in [-0.4, -0.2) is 68.7 Å². The molecule has 1 fully saturated rings. The predicted octanol–water partition coefficient (Wildman–Crippen LogP) is 2.86. The predicted molar refractivity (Wildman–Crippen MR) is 125 cm³/mol. The third kappa shape index (κ3) is 6.05. The molecule has 1 aliphatic heterocycles. The quantitative estimate of drug-likeness (QED) is 0.320. The van der Waals surface area contributed by atoms with Crippen molar-refractivity contribution in [2.24, 2.45) is 0 Å². The second-order valence-corrected chi connectivity index (χ2v) is 7.15. The number of ether oxygens (including phenoxy) is 2. The molecule has 0 radical (unpaired) electrons. The van der Waals surface area contributed by atoms with Gasteiger partial charge in [-0.2, -0.15) is 4.98 Å². The van der Waals surface area contributed by atoms with Gasteiger partial charge in [0.1, 0.15) is 17.1 Å². The second kappa shape index (κ2) is 11.5. The lowest BCUT2D eigenvalue weighted by molar-refractivity contribution is 0.158. The number of piperazine rings is 1. The Labute approximate surface area is 184 Å². The number of hydrogen-bond acceptors (Lipinski definition) is 9. The number of rotatable bonds is 11. The van der Waals surface area contributed by atoms with Crippen LogP contribution in [0.1, 0.15) is 26.0 Å². The van der Waals surface area contributed by atoms with Crippen molar-refractivity contribution in [3.8, 4) is 5.75 Å². The van der Waals surface area contributed by atoms with Gasteiger partial charge in [-0.25, -0.2) is 4.98 Å². The van der Waals surface area contributed by atoms with Crippen LogP contribution >= 0.6 is 0 Å². The Hall–Kier alpha value is -2.91. The van der Waals surface area contributed by atoms with Crippen molar-refractivity contribution >= 4 is 28.9 Å². The van der Waals surface area contributed by atoms with Crippen LogP contribution in [0.25, 0.3) is 0 Å². The first kappa shape index (κ1) is 22.8. The van der Waals surface area contributed by atoms with Crippen molar-refractivity contribution in [1.82, 2.24) is 15.3 Å². The normalized spacial score (nSPS) is 13.7. The minimum atomic E-state index is 0.464. The molecule has 0 bridgehead atoms. The molecule has 0 atom stereocenters. The van der Waals surface area contributed by atoms with Crippen molar-refractivity contribution in [3.05, 3.63) is 30.0 Å². The maximum Gasteiger partial charge on any atom is 0.228 e. The molecule has 0 amide bonds. The number of methoxy groups -OCH3 is 1. The van der Waals surface area contributed by atoms with Crippen molar-refractivity contribution in [2.75, 3.05) is 68.6 Å². The summed E-state index contributed by atoms with van der Waals surface area (Å²) in [6.07, 6.45) is 0.580. The number of nitrogens with zero attached hydrogens (tertiary/aromatic N) is 3. The molecular weight excluding hydrogens is 394 g/mol. The smallest absolute Gasteiger partial charge is 0.228 e. The van der Waals surface area contributed by atoms with Crippen LogP contribution in [0.15, 0.2) is 24.3 Å². The standard InChI is InChI=1S/C22H33N7O2/c1-4-18(23)19-20(25-11-14-31-5-2)21(26-16-7-6-8-17(15-16)30-3)28-22(27-19)29-12-9-24-10-13-29/h6-8,15,23-25H,4-5,9-14H2,1-3H3,(H,26,27,28). The average Bonchev–Trinajstić information content (AvgIpc) is 2.82. The van der Waals surface area contributed by atoms with Crippen LogP contribution < -0.4 is 25.6 Å². The van der Waals surface area contributed by atoms with E-state index in [4.69, 9.17) is 24.9 Å². The number of benzene rings is 1. The summed E-state index contributed by atoms with van der Waals surface area (Å²) in [5, 5.41) is 18.7. The van der Waals surface area contributed by atoms with Crippen LogP contribution in [0.5, 0.6) is 5.75 Å². The van der Waals surface area contributed by atoms with E-state index in [0.717, 1.165) is 37.6 Å². The van der Waals surface area contributed by atoms with Crippen molar-refractivity contribution < 1.29 is 9.47 Å². The van der Waals surface area contributed by atoms with Crippen LogP contribution in [0.4, 0.5) is 23.1 Å². The Kier molecular flexibility index (Phi) is 8.43. The summed E-state index contributed by atoms with van der Waals surface area (Å²) < 4.78 is 10.8. The van der Waals surface area contributed by atoms with Gasteiger partial charge in [-0.15, -0.1) is 0 Å². The second-order valence-electron chi connectivity index (χ2n) is 7.15. The summed E-state index contributed by atoms with van der Waals surface area (Å²) in [6.45, 7) is 9.19. The molecule has 0 spiro atoms. The highest BCUT2D eigenvalue weighted by molar-refractivity contribution is 6.03. The molecule has 2 aromatic rings. The third-order valence-corrected chi connectivity index (χ3v) is 5.02. The fourth-order valence-corrected chi connectivity index (χ4v) is 3.33. The Morgan fingerprint density at radius 3 is 2.74 bits per heavy atom. The van der Waals surface area contributed by atoms with Crippen LogP contribution in [0.2, 0.25) is 0 Å². The first-order valence-corrected chi connectivity index (χ1v) is 10.8. The summed E-state index contributed by atoms with van der Waals surface area (Å²) in [7, 11) is 1.65. The van der Waals surface area contributed by atoms with E-state index < -0.39 is 0 Å². The minimum absolute atomic E-state index is 0.464. The Morgan fingerprint density at radius 2 is 2.03 bits per heavy atom. The topological polar surface area (TPSA) is 107 Å². The van der Waals surface area contributed by atoms with E-state index in [9.17, 15) is 0 Å². The Balaban J connectivity index is 2.01. The summed E-state index contributed by atoms with van der Waals surface area (Å²) in [4.78, 5) is 11.8. The fourth-order valence-electron chi connectivity index (χ4n) is 3.33. The van der Waals surface area contributed by atoms with Crippen LogP contribution in [0.3, 0.4) is 0 Å². The van der Waals surface area contributed by atoms with E-state index in [0.29, 0.717) is 55.0 Å². The molecule has 1 aromatic carbocycles. The van der Waals surface area contributed by atoms with Gasteiger partial charge in [0, 0.05) is 51.1 Å². The number of hydrogen-bond donors (Lipinski definition) is 4. The third-order valence-electron chi connectivity index (χ3n) is 5.02. The lowest BCUT2D eigenvalue weighted by Gasteiger charge is -2.29. The lowest BCUT2D eigenvalue weighted by Crippen LogP contribution is -2.44. The molecule has 0 saturated carbocycles. The van der Waals surface area contributed by atoms with Crippen LogP contribution in [-0.2, 0) is 4.74 Å². The van der Waals surface area contributed by atoms with E-state index in [2.05, 4.69) is 20.9 Å². The van der Waals surface area contributed by atoms with E-state index in [1.165, 1.54) is 0 Å². The number of nitrogens with one attached hydrogen (secondary N) is 4. The fraction of sp³-hybridized carbons (Fsp3) is 0.500. The molecule has 4 N–H and O–H groups in total. The van der Waals surface area contributed by atoms with Gasteiger partial charge in [-0.05, 0) is 25.5 Å². The Bertz CT molecular complexity index is 869. The SMILES string of the molecule is CCOCCNc1c(Nc2cccc(OC)c2)nc(N2CCNCC2)nc1C(=N)CC. The van der Waals surface area contributed by atoms with Crippen LogP contribution in [0, 0.1) is 5.41 Å². The monoisotopic (exact) mass is 427 g/mol. The molecule has 3 rings (SSSR count). The molecule has 9 nitrogen and oxygen atoms in total. The van der Waals surface area contributed by atoms with Gasteiger partial charge in [0.15, 0.2) is 5.82 Å². The zero-order valence-electron chi connectivity index (χ0n) is 18.6. The van der Waals surface area contributed by atoms with E-state index in [1.807, 2.05) is 38.1 Å². The Morgan fingerprint density at radius 1 is 1.23 bits per heavy atom. The first-order valence-electron chi connectivity index (χ1n) is 10.8. The molecular formula is C22H33N7O2. The maximum absolute atomic E-state index is 8.55. The van der Waals surface area contributed by atoms with Crippen molar-refractivity contribution in [3.63, 3.8) is 0 Å². The maximum atomic E-state index is 8.55. The molecule has 2 heterocycles. The lowest BCUT2D eigenvalue weighted by atomic mass is 10.1. The van der Waals surface area contributed by atoms with E-state index in [1.54, 1.807) is 7.11 Å². The van der Waals surface area contributed by atoms with Gasteiger partial charge in [0.05, 0.1) is 19.4 Å². The highest BCUT2D eigenvalue weighted by Crippen LogP contribution is 2.31. The highest BCUT2D eigenvalue weighted by Gasteiger charge is 2.21. The number of aromatic nitrogens is 2.